The molecule has 1 aromatic carbocycles. The molecule has 96 valence electrons. The summed E-state index contributed by atoms with van der Waals surface area (Å²) in [5, 5.41) is 0. The van der Waals surface area contributed by atoms with E-state index in [2.05, 4.69) is 15.9 Å². The molecule has 0 spiro atoms. The second-order valence-corrected chi connectivity index (χ2v) is 6.90. The van der Waals surface area contributed by atoms with E-state index < -0.39 is 9.84 Å². The molecule has 1 aromatic rings. The minimum Gasteiger partial charge on any atom is -0.494 e. The molecule has 0 saturated carbocycles. The average Bonchev–Trinajstić information content (AvgIpc) is 2.25. The van der Waals surface area contributed by atoms with Gasteiger partial charge in [-0.2, -0.15) is 0 Å². The van der Waals surface area contributed by atoms with Gasteiger partial charge in [-0.3, -0.25) is 0 Å². The largest absolute Gasteiger partial charge is 0.494 e. The number of benzene rings is 1. The van der Waals surface area contributed by atoms with Gasteiger partial charge in [0, 0.05) is 17.3 Å². The van der Waals surface area contributed by atoms with Gasteiger partial charge in [0.2, 0.25) is 0 Å². The Hall–Kier alpha value is -0.590. The summed E-state index contributed by atoms with van der Waals surface area (Å²) in [4.78, 5) is 0. The Morgan fingerprint density at radius 1 is 1.41 bits per heavy atom. The smallest absolute Gasteiger partial charge is 0.147 e. The van der Waals surface area contributed by atoms with Crippen molar-refractivity contribution in [2.24, 2.45) is 5.73 Å². The van der Waals surface area contributed by atoms with Crippen LogP contribution in [-0.4, -0.2) is 27.0 Å². The van der Waals surface area contributed by atoms with E-state index in [1.807, 2.05) is 18.2 Å². The monoisotopic (exact) mass is 321 g/mol. The minimum absolute atomic E-state index is 0.146. The Morgan fingerprint density at radius 2 is 2.12 bits per heavy atom. The molecule has 0 amide bonds. The van der Waals surface area contributed by atoms with E-state index in [9.17, 15) is 8.42 Å². The van der Waals surface area contributed by atoms with Crippen LogP contribution in [0.2, 0.25) is 0 Å². The number of nitrogens with two attached hydrogens (primary N) is 1. The summed E-state index contributed by atoms with van der Waals surface area (Å²) in [5.74, 6) is 0.856. The van der Waals surface area contributed by atoms with Crippen molar-refractivity contribution in [3.05, 3.63) is 28.2 Å². The van der Waals surface area contributed by atoms with Crippen molar-refractivity contribution in [2.45, 2.75) is 13.0 Å². The molecule has 4 nitrogen and oxygen atoms in total. The third-order valence-electron chi connectivity index (χ3n) is 2.17. The van der Waals surface area contributed by atoms with Crippen molar-refractivity contribution in [1.29, 1.82) is 0 Å². The molecule has 0 aliphatic carbocycles. The summed E-state index contributed by atoms with van der Waals surface area (Å²) in [7, 11) is -2.91. The van der Waals surface area contributed by atoms with Crippen LogP contribution in [0.4, 0.5) is 0 Å². The third kappa shape index (κ3) is 5.52. The molecule has 0 aliphatic rings. The number of halogens is 1. The van der Waals surface area contributed by atoms with E-state index in [-0.39, 0.29) is 5.75 Å². The molecule has 17 heavy (non-hydrogen) atoms. The first-order valence-corrected chi connectivity index (χ1v) is 8.07. The second kappa shape index (κ2) is 6.37. The molecule has 0 saturated heterocycles. The van der Waals surface area contributed by atoms with Gasteiger partial charge in [-0.25, -0.2) is 8.42 Å². The maximum absolute atomic E-state index is 10.9. The minimum atomic E-state index is -2.91. The van der Waals surface area contributed by atoms with Crippen molar-refractivity contribution in [3.8, 4) is 5.75 Å². The van der Waals surface area contributed by atoms with Crippen LogP contribution in [0, 0.1) is 0 Å². The van der Waals surface area contributed by atoms with Crippen LogP contribution in [0.15, 0.2) is 22.7 Å². The van der Waals surface area contributed by atoms with Crippen LogP contribution in [0.3, 0.4) is 0 Å². The van der Waals surface area contributed by atoms with Crippen molar-refractivity contribution < 1.29 is 13.2 Å². The predicted octanol–water partition coefficient (Wildman–Crippen LogP) is 1.72. The van der Waals surface area contributed by atoms with Crippen molar-refractivity contribution in [2.75, 3.05) is 18.6 Å². The summed E-state index contributed by atoms with van der Waals surface area (Å²) in [6.07, 6.45) is 1.71. The highest BCUT2D eigenvalue weighted by Gasteiger charge is 2.03. The first kappa shape index (κ1) is 14.5. The molecule has 0 aromatic heterocycles. The summed E-state index contributed by atoms with van der Waals surface area (Å²) < 4.78 is 28.2. The van der Waals surface area contributed by atoms with Gasteiger partial charge in [0.05, 0.1) is 12.4 Å². The van der Waals surface area contributed by atoms with Crippen molar-refractivity contribution in [3.63, 3.8) is 0 Å². The molecule has 1 rings (SSSR count). The number of hydrogen-bond donors (Lipinski definition) is 1. The highest BCUT2D eigenvalue weighted by Crippen LogP contribution is 2.22. The molecule has 0 heterocycles. The number of sulfone groups is 1. The lowest BCUT2D eigenvalue weighted by Crippen LogP contribution is -2.08. The molecule has 0 unspecified atom stereocenters. The Morgan fingerprint density at radius 3 is 2.71 bits per heavy atom. The fourth-order valence-electron chi connectivity index (χ4n) is 1.31. The molecular formula is C11H16BrNO3S. The van der Waals surface area contributed by atoms with E-state index in [0.29, 0.717) is 25.3 Å². The lowest BCUT2D eigenvalue weighted by atomic mass is 10.2. The normalized spacial score (nSPS) is 11.5. The standard InChI is InChI=1S/C11H16BrNO3S/c1-17(14,15)6-2-5-16-10-3-4-11(12)9(7-10)8-13/h3-4,7H,2,5-6,8,13H2,1H3. The fraction of sp³-hybridized carbons (Fsp3) is 0.455. The first-order chi connectivity index (χ1) is 7.92. The van der Waals surface area contributed by atoms with Gasteiger partial charge in [-0.1, -0.05) is 15.9 Å². The summed E-state index contributed by atoms with van der Waals surface area (Å²) >= 11 is 3.38. The lowest BCUT2D eigenvalue weighted by molar-refractivity contribution is 0.317. The van der Waals surface area contributed by atoms with Gasteiger partial charge < -0.3 is 10.5 Å². The SMILES string of the molecule is CS(=O)(=O)CCCOc1ccc(Br)c(CN)c1. The Balaban J connectivity index is 2.47. The van der Waals surface area contributed by atoms with E-state index >= 15 is 0 Å². The molecule has 0 radical (unpaired) electrons. The van der Waals surface area contributed by atoms with Crippen LogP contribution in [-0.2, 0) is 16.4 Å². The summed E-state index contributed by atoms with van der Waals surface area (Å²) in [5.41, 5.74) is 6.53. The molecular weight excluding hydrogens is 306 g/mol. The highest BCUT2D eigenvalue weighted by molar-refractivity contribution is 9.10. The van der Waals surface area contributed by atoms with Crippen molar-refractivity contribution >= 4 is 25.8 Å². The van der Waals surface area contributed by atoms with E-state index in [0.717, 1.165) is 10.0 Å². The average molecular weight is 322 g/mol. The van der Waals surface area contributed by atoms with Crippen molar-refractivity contribution in [1.82, 2.24) is 0 Å². The lowest BCUT2D eigenvalue weighted by Gasteiger charge is -2.08. The second-order valence-electron chi connectivity index (χ2n) is 3.79. The summed E-state index contributed by atoms with van der Waals surface area (Å²) in [6, 6.07) is 5.54. The fourth-order valence-corrected chi connectivity index (χ4v) is 2.36. The Kier molecular flexibility index (Phi) is 5.42. The molecule has 0 aliphatic heterocycles. The zero-order chi connectivity index (χ0) is 12.9. The van der Waals surface area contributed by atoms with Crippen LogP contribution in [0.1, 0.15) is 12.0 Å². The number of ether oxygens (including phenoxy) is 1. The van der Waals surface area contributed by atoms with Gasteiger partial charge in [0.15, 0.2) is 0 Å². The van der Waals surface area contributed by atoms with Crippen LogP contribution in [0.5, 0.6) is 5.75 Å². The number of hydrogen-bond acceptors (Lipinski definition) is 4. The van der Waals surface area contributed by atoms with E-state index in [1.54, 1.807) is 0 Å². The molecule has 6 heteroatoms. The van der Waals surface area contributed by atoms with Crippen LogP contribution in [0.25, 0.3) is 0 Å². The maximum Gasteiger partial charge on any atom is 0.147 e. The van der Waals surface area contributed by atoms with Gasteiger partial charge in [0.25, 0.3) is 0 Å². The van der Waals surface area contributed by atoms with Gasteiger partial charge in [-0.15, -0.1) is 0 Å². The zero-order valence-corrected chi connectivity index (χ0v) is 12.1. The molecule has 0 bridgehead atoms. The van der Waals surface area contributed by atoms with E-state index in [4.69, 9.17) is 10.5 Å². The van der Waals surface area contributed by atoms with Gasteiger partial charge in [0.1, 0.15) is 15.6 Å². The number of rotatable bonds is 6. The molecule has 0 fully saturated rings. The summed E-state index contributed by atoms with van der Waals surface area (Å²) in [6.45, 7) is 0.819. The topological polar surface area (TPSA) is 69.4 Å². The van der Waals surface area contributed by atoms with Crippen LogP contribution < -0.4 is 10.5 Å². The Labute approximate surface area is 110 Å². The Bertz CT molecular complexity index is 474. The van der Waals surface area contributed by atoms with Gasteiger partial charge >= 0.3 is 0 Å². The highest BCUT2D eigenvalue weighted by atomic mass is 79.9. The zero-order valence-electron chi connectivity index (χ0n) is 9.65. The maximum atomic E-state index is 10.9. The van der Waals surface area contributed by atoms with Gasteiger partial charge in [-0.05, 0) is 30.2 Å². The quantitative estimate of drug-likeness (QED) is 0.810. The third-order valence-corrected chi connectivity index (χ3v) is 3.97. The molecule has 2 N–H and O–H groups in total. The predicted molar refractivity (Wildman–Crippen MR) is 71.9 cm³/mol. The molecule has 0 atom stereocenters. The van der Waals surface area contributed by atoms with E-state index in [1.165, 1.54) is 6.26 Å². The first-order valence-electron chi connectivity index (χ1n) is 5.21. The van der Waals surface area contributed by atoms with Crippen LogP contribution >= 0.6 is 15.9 Å².